The van der Waals surface area contributed by atoms with Gasteiger partial charge in [0.25, 0.3) is 0 Å². The SMILES string of the molecule is O=C(OCCOc1ccccc1)c1ccc(OC(=O)c2ccccc2OCCc2ccccc2)cc1. The molecule has 0 aliphatic heterocycles. The van der Waals surface area contributed by atoms with Crippen LogP contribution in [0.25, 0.3) is 0 Å². The van der Waals surface area contributed by atoms with Gasteiger partial charge in [-0.3, -0.25) is 0 Å². The highest BCUT2D eigenvalue weighted by molar-refractivity contribution is 5.94. The Labute approximate surface area is 210 Å². The minimum absolute atomic E-state index is 0.117. The van der Waals surface area contributed by atoms with Crippen LogP contribution in [-0.2, 0) is 11.2 Å². The summed E-state index contributed by atoms with van der Waals surface area (Å²) in [5.41, 5.74) is 1.83. The number of benzene rings is 4. The van der Waals surface area contributed by atoms with E-state index in [0.29, 0.717) is 35.0 Å². The van der Waals surface area contributed by atoms with E-state index in [4.69, 9.17) is 18.9 Å². The van der Waals surface area contributed by atoms with Crippen LogP contribution in [0.15, 0.2) is 109 Å². The molecule has 0 aliphatic carbocycles. The molecule has 0 spiro atoms. The van der Waals surface area contributed by atoms with Gasteiger partial charge in [0.15, 0.2) is 0 Å². The molecule has 0 heterocycles. The second-order valence-electron chi connectivity index (χ2n) is 7.79. The van der Waals surface area contributed by atoms with Crippen LogP contribution in [-0.4, -0.2) is 31.8 Å². The summed E-state index contributed by atoms with van der Waals surface area (Å²) in [5, 5.41) is 0. The fourth-order valence-electron chi connectivity index (χ4n) is 3.40. The van der Waals surface area contributed by atoms with Gasteiger partial charge >= 0.3 is 11.9 Å². The average Bonchev–Trinajstić information content (AvgIpc) is 2.93. The smallest absolute Gasteiger partial charge is 0.347 e. The van der Waals surface area contributed by atoms with Crippen LogP contribution < -0.4 is 14.2 Å². The van der Waals surface area contributed by atoms with Crippen molar-refractivity contribution in [3.05, 3.63) is 126 Å². The maximum atomic E-state index is 12.8. The number of carbonyl (C=O) groups is 2. The monoisotopic (exact) mass is 482 g/mol. The fourth-order valence-corrected chi connectivity index (χ4v) is 3.40. The van der Waals surface area contributed by atoms with E-state index in [1.807, 2.05) is 60.7 Å². The lowest BCUT2D eigenvalue weighted by Gasteiger charge is -2.11. The maximum absolute atomic E-state index is 12.8. The van der Waals surface area contributed by atoms with Gasteiger partial charge in [-0.25, -0.2) is 9.59 Å². The Morgan fingerprint density at radius 2 is 1.22 bits per heavy atom. The van der Waals surface area contributed by atoms with Crippen molar-refractivity contribution in [2.75, 3.05) is 19.8 Å². The summed E-state index contributed by atoms with van der Waals surface area (Å²) in [6.45, 7) is 0.797. The fraction of sp³-hybridized carbons (Fsp3) is 0.133. The molecule has 0 atom stereocenters. The van der Waals surface area contributed by atoms with E-state index < -0.39 is 11.9 Å². The Kier molecular flexibility index (Phi) is 8.70. The Bertz CT molecular complexity index is 1250. The largest absolute Gasteiger partial charge is 0.492 e. The molecule has 0 saturated heterocycles. The van der Waals surface area contributed by atoms with Gasteiger partial charge in [-0.1, -0.05) is 60.7 Å². The van der Waals surface area contributed by atoms with Crippen LogP contribution in [0, 0.1) is 0 Å². The number of rotatable bonds is 11. The summed E-state index contributed by atoms with van der Waals surface area (Å²) in [6.07, 6.45) is 0.722. The second-order valence-corrected chi connectivity index (χ2v) is 7.79. The number of para-hydroxylation sites is 2. The van der Waals surface area contributed by atoms with Gasteiger partial charge < -0.3 is 18.9 Å². The van der Waals surface area contributed by atoms with Gasteiger partial charge in [0.1, 0.15) is 36.0 Å². The Morgan fingerprint density at radius 3 is 1.97 bits per heavy atom. The van der Waals surface area contributed by atoms with Crippen LogP contribution in [0.4, 0.5) is 0 Å². The van der Waals surface area contributed by atoms with Crippen molar-refractivity contribution in [1.82, 2.24) is 0 Å². The molecular weight excluding hydrogens is 456 g/mol. The molecule has 0 bridgehead atoms. The van der Waals surface area contributed by atoms with Gasteiger partial charge in [0.05, 0.1) is 12.2 Å². The summed E-state index contributed by atoms with van der Waals surface area (Å²) in [5.74, 6) is 0.447. The normalized spacial score (nSPS) is 10.3. The van der Waals surface area contributed by atoms with E-state index >= 15 is 0 Å². The second kappa shape index (κ2) is 12.8. The third-order valence-corrected chi connectivity index (χ3v) is 5.23. The summed E-state index contributed by atoms with van der Waals surface area (Å²) in [6, 6.07) is 32.4. The number of ether oxygens (including phenoxy) is 4. The summed E-state index contributed by atoms with van der Waals surface area (Å²) in [4.78, 5) is 25.0. The van der Waals surface area contributed by atoms with Crippen molar-refractivity contribution in [1.29, 1.82) is 0 Å². The molecule has 0 fully saturated rings. The molecule has 182 valence electrons. The summed E-state index contributed by atoms with van der Waals surface area (Å²) >= 11 is 0. The Hall–Kier alpha value is -4.58. The molecule has 4 aromatic carbocycles. The minimum atomic E-state index is -0.543. The van der Waals surface area contributed by atoms with Crippen LogP contribution >= 0.6 is 0 Å². The van der Waals surface area contributed by atoms with Crippen molar-refractivity contribution in [2.45, 2.75) is 6.42 Å². The van der Waals surface area contributed by atoms with E-state index in [1.54, 1.807) is 48.5 Å². The van der Waals surface area contributed by atoms with E-state index in [9.17, 15) is 9.59 Å². The molecule has 0 saturated carbocycles. The van der Waals surface area contributed by atoms with Crippen molar-refractivity contribution in [2.24, 2.45) is 0 Å². The predicted molar refractivity (Wildman–Crippen MR) is 136 cm³/mol. The summed E-state index contributed by atoms with van der Waals surface area (Å²) < 4.78 is 22.1. The zero-order chi connectivity index (χ0) is 25.0. The van der Waals surface area contributed by atoms with Gasteiger partial charge in [-0.15, -0.1) is 0 Å². The van der Waals surface area contributed by atoms with Gasteiger partial charge in [0, 0.05) is 6.42 Å². The first-order valence-corrected chi connectivity index (χ1v) is 11.6. The molecule has 4 rings (SSSR count). The number of hydrogen-bond donors (Lipinski definition) is 0. The van der Waals surface area contributed by atoms with Crippen LogP contribution in [0.1, 0.15) is 26.3 Å². The quantitative estimate of drug-likeness (QED) is 0.154. The van der Waals surface area contributed by atoms with Gasteiger partial charge in [-0.2, -0.15) is 0 Å². The number of carbonyl (C=O) groups excluding carboxylic acids is 2. The van der Waals surface area contributed by atoms with Gasteiger partial charge in [-0.05, 0) is 54.1 Å². The van der Waals surface area contributed by atoms with Crippen LogP contribution in [0.3, 0.4) is 0 Å². The molecule has 0 amide bonds. The zero-order valence-electron chi connectivity index (χ0n) is 19.7. The molecule has 0 radical (unpaired) electrons. The highest BCUT2D eigenvalue weighted by Crippen LogP contribution is 2.22. The molecule has 0 aliphatic rings. The van der Waals surface area contributed by atoms with E-state index in [-0.39, 0.29) is 13.2 Å². The molecule has 36 heavy (non-hydrogen) atoms. The van der Waals surface area contributed by atoms with Crippen LogP contribution in [0.5, 0.6) is 17.2 Å². The Balaban J connectivity index is 1.26. The third kappa shape index (κ3) is 7.21. The molecule has 4 aromatic rings. The first kappa shape index (κ1) is 24.5. The lowest BCUT2D eigenvalue weighted by Crippen LogP contribution is -2.13. The molecule has 0 N–H and O–H groups in total. The van der Waals surface area contributed by atoms with Crippen molar-refractivity contribution >= 4 is 11.9 Å². The first-order chi connectivity index (χ1) is 17.7. The topological polar surface area (TPSA) is 71.1 Å². The van der Waals surface area contributed by atoms with E-state index in [1.165, 1.54) is 0 Å². The standard InChI is InChI=1S/C30H26O6/c31-29(35-22-21-33-25-11-5-2-6-12-25)24-15-17-26(18-16-24)36-30(32)27-13-7-8-14-28(27)34-20-19-23-9-3-1-4-10-23/h1-18H,19-22H2. The van der Waals surface area contributed by atoms with E-state index in [0.717, 1.165) is 12.0 Å². The maximum Gasteiger partial charge on any atom is 0.347 e. The number of esters is 2. The number of hydrogen-bond acceptors (Lipinski definition) is 6. The molecule has 0 unspecified atom stereocenters. The van der Waals surface area contributed by atoms with Crippen molar-refractivity contribution < 1.29 is 28.5 Å². The van der Waals surface area contributed by atoms with Crippen molar-refractivity contribution in [3.63, 3.8) is 0 Å². The van der Waals surface area contributed by atoms with Gasteiger partial charge in [0.2, 0.25) is 0 Å². The highest BCUT2D eigenvalue weighted by Gasteiger charge is 2.15. The van der Waals surface area contributed by atoms with Crippen molar-refractivity contribution in [3.8, 4) is 17.2 Å². The zero-order valence-corrected chi connectivity index (χ0v) is 19.7. The Morgan fingerprint density at radius 1 is 0.556 bits per heavy atom. The molecule has 6 heteroatoms. The predicted octanol–water partition coefficient (Wildman–Crippen LogP) is 5.76. The average molecular weight is 483 g/mol. The minimum Gasteiger partial charge on any atom is -0.492 e. The van der Waals surface area contributed by atoms with Crippen LogP contribution in [0.2, 0.25) is 0 Å². The summed E-state index contributed by atoms with van der Waals surface area (Å²) in [7, 11) is 0. The third-order valence-electron chi connectivity index (χ3n) is 5.23. The lowest BCUT2D eigenvalue weighted by molar-refractivity contribution is 0.0450. The first-order valence-electron chi connectivity index (χ1n) is 11.6. The lowest BCUT2D eigenvalue weighted by atomic mass is 10.1. The molecule has 6 nitrogen and oxygen atoms in total. The molecule has 0 aromatic heterocycles. The highest BCUT2D eigenvalue weighted by atomic mass is 16.6. The van der Waals surface area contributed by atoms with E-state index in [2.05, 4.69) is 0 Å². The molecular formula is C30H26O6.